The number of nitrogens with zero attached hydrogens (tertiary/aromatic N) is 2. The Morgan fingerprint density at radius 2 is 1.35 bits per heavy atom. The van der Waals surface area contributed by atoms with E-state index in [4.69, 9.17) is 5.11 Å². The van der Waals surface area contributed by atoms with Crippen LogP contribution in [0.3, 0.4) is 0 Å². The molecule has 5 aromatic rings. The number of anilines is 3. The smallest absolute Gasteiger partial charge is 0.335 e. The van der Waals surface area contributed by atoms with E-state index in [2.05, 4.69) is 48.6 Å². The predicted molar refractivity (Wildman–Crippen MR) is 226 cm³/mol. The number of allylic oxidation sites excluding steroid dienone is 3. The number of H-pyrrole nitrogens is 1. The lowest BCUT2D eigenvalue weighted by molar-refractivity contribution is -0.118. The van der Waals surface area contributed by atoms with Gasteiger partial charge in [0.05, 0.1) is 17.5 Å². The SMILES string of the molecule is C=C/C(=C\C=C(/C)C(O)Nc1ccc(C(=O)O)cc1)NC(=O)c1ccc(NC(=O)[C@H](Cc2cn[nH]n2)NC(=O)c2ccc(NC(=O)/C(C)=C/c3ccc(O)cc3)cc2)cc1. The van der Waals surface area contributed by atoms with Gasteiger partial charge in [-0.3, -0.25) is 19.2 Å². The number of phenolic OH excluding ortho intramolecular Hbond substituents is 1. The molecule has 16 heteroatoms. The van der Waals surface area contributed by atoms with Gasteiger partial charge in [0.15, 0.2) is 0 Å². The zero-order valence-corrected chi connectivity index (χ0v) is 32.5. The van der Waals surface area contributed by atoms with Crippen LogP contribution in [0.1, 0.15) is 56.2 Å². The molecule has 4 amide bonds. The van der Waals surface area contributed by atoms with Crippen LogP contribution >= 0.6 is 0 Å². The molecule has 1 aromatic heterocycles. The molecule has 9 N–H and O–H groups in total. The van der Waals surface area contributed by atoms with Crippen LogP contribution in [0.2, 0.25) is 0 Å². The fourth-order valence-electron chi connectivity index (χ4n) is 5.40. The number of aliphatic hydroxyl groups excluding tert-OH is 1. The average Bonchev–Trinajstić information content (AvgIpc) is 3.76. The number of benzene rings is 4. The van der Waals surface area contributed by atoms with Gasteiger partial charge in [-0.25, -0.2) is 4.79 Å². The lowest BCUT2D eigenvalue weighted by atomic mass is 10.1. The Labute approximate surface area is 344 Å². The second-order valence-electron chi connectivity index (χ2n) is 13.3. The zero-order chi connectivity index (χ0) is 43.2. The van der Waals surface area contributed by atoms with Crippen molar-refractivity contribution >= 4 is 52.7 Å². The van der Waals surface area contributed by atoms with E-state index in [0.29, 0.717) is 39.6 Å². The number of phenols is 1. The second kappa shape index (κ2) is 20.4. The molecule has 306 valence electrons. The molecule has 0 bridgehead atoms. The number of rotatable bonds is 17. The summed E-state index contributed by atoms with van der Waals surface area (Å²) in [6.45, 7) is 7.05. The number of nitrogens with one attached hydrogen (secondary N) is 6. The van der Waals surface area contributed by atoms with Gasteiger partial charge < -0.3 is 41.9 Å². The largest absolute Gasteiger partial charge is 0.508 e. The number of aromatic carboxylic acids is 1. The Bertz CT molecular complexity index is 2420. The quantitative estimate of drug-likeness (QED) is 0.0327. The summed E-state index contributed by atoms with van der Waals surface area (Å²) in [6.07, 6.45) is 6.59. The summed E-state index contributed by atoms with van der Waals surface area (Å²) in [4.78, 5) is 63.7. The third-order valence-electron chi connectivity index (χ3n) is 8.82. The van der Waals surface area contributed by atoms with E-state index in [9.17, 15) is 34.2 Å². The van der Waals surface area contributed by atoms with Crippen molar-refractivity contribution in [1.29, 1.82) is 0 Å². The number of aromatic nitrogens is 3. The third-order valence-corrected chi connectivity index (χ3v) is 8.82. The minimum atomic E-state index is -1.10. The molecular weight excluding hydrogens is 769 g/mol. The average molecular weight is 811 g/mol. The maximum atomic E-state index is 13.5. The molecule has 0 aliphatic carbocycles. The van der Waals surface area contributed by atoms with Gasteiger partial charge in [0.2, 0.25) is 5.91 Å². The highest BCUT2D eigenvalue weighted by Gasteiger charge is 2.24. The second-order valence-corrected chi connectivity index (χ2v) is 13.3. The maximum Gasteiger partial charge on any atom is 0.335 e. The van der Waals surface area contributed by atoms with Crippen molar-refractivity contribution in [2.45, 2.75) is 32.5 Å². The minimum Gasteiger partial charge on any atom is -0.508 e. The minimum absolute atomic E-state index is 0.00686. The third kappa shape index (κ3) is 12.4. The van der Waals surface area contributed by atoms with Gasteiger partial charge in [-0.2, -0.15) is 15.4 Å². The highest BCUT2D eigenvalue weighted by molar-refractivity contribution is 6.07. The molecule has 0 radical (unpaired) electrons. The van der Waals surface area contributed by atoms with E-state index in [1.54, 1.807) is 56.3 Å². The van der Waals surface area contributed by atoms with Crippen molar-refractivity contribution in [2.24, 2.45) is 0 Å². The number of hydrogen-bond acceptors (Lipinski definition) is 10. The summed E-state index contributed by atoms with van der Waals surface area (Å²) in [5.74, 6) is -2.88. The van der Waals surface area contributed by atoms with Crippen LogP contribution < -0.4 is 26.6 Å². The normalized spacial score (nSPS) is 12.7. The van der Waals surface area contributed by atoms with Gasteiger partial charge in [-0.15, -0.1) is 0 Å². The van der Waals surface area contributed by atoms with Gasteiger partial charge in [-0.1, -0.05) is 24.8 Å². The number of carbonyl (C=O) groups is 5. The molecule has 4 aromatic carbocycles. The Hall–Kier alpha value is -8.11. The lowest BCUT2D eigenvalue weighted by Crippen LogP contribution is -2.45. The molecule has 0 spiro atoms. The van der Waals surface area contributed by atoms with Crippen LogP contribution in [0.15, 0.2) is 145 Å². The summed E-state index contributed by atoms with van der Waals surface area (Å²) in [5.41, 5.74) is 4.34. The number of amides is 4. The predicted octanol–water partition coefficient (Wildman–Crippen LogP) is 5.41. The molecule has 0 fully saturated rings. The van der Waals surface area contributed by atoms with E-state index in [1.807, 2.05) is 0 Å². The van der Waals surface area contributed by atoms with Crippen LogP contribution in [0.25, 0.3) is 6.08 Å². The van der Waals surface area contributed by atoms with Crippen LogP contribution in [0.4, 0.5) is 17.1 Å². The molecule has 60 heavy (non-hydrogen) atoms. The fraction of sp³-hybridized carbons (Fsp3) is 0.114. The van der Waals surface area contributed by atoms with Crippen molar-refractivity contribution in [2.75, 3.05) is 16.0 Å². The van der Waals surface area contributed by atoms with Gasteiger partial charge in [0.25, 0.3) is 17.7 Å². The number of aromatic amines is 1. The van der Waals surface area contributed by atoms with Crippen molar-refractivity contribution < 1.29 is 39.3 Å². The monoisotopic (exact) mass is 810 g/mol. The molecule has 0 saturated carbocycles. The van der Waals surface area contributed by atoms with E-state index in [1.165, 1.54) is 85.1 Å². The van der Waals surface area contributed by atoms with Crippen molar-refractivity contribution in [1.82, 2.24) is 26.0 Å². The first kappa shape index (κ1) is 43.0. The number of carboxylic acid groups (broad SMARTS) is 1. The molecular formula is C44H42N8O8. The standard InChI is InChI=1S/C44H42N8O8/c1-4-32(14-5-26(2)39(54)47-34-19-12-31(13-20-34)44(59)60)46-41(56)29-8-17-35(18-9-29)49-43(58)38(24-36-25-45-52-51-36)50-42(57)30-10-15-33(16-11-30)48-40(55)27(3)23-28-6-21-37(53)22-7-28/h4-23,25,38-39,47,53-54H,1,24H2,2-3H3,(H,46,56)(H,48,55)(H,49,58)(H,50,57)(H,59,60)(H,45,51,52)/b26-5+,27-23+,32-14+/t38-,39?/m0/s1. The van der Waals surface area contributed by atoms with Crippen LogP contribution in [0, 0.1) is 0 Å². The Morgan fingerprint density at radius 1 is 0.767 bits per heavy atom. The highest BCUT2D eigenvalue weighted by atomic mass is 16.4. The summed E-state index contributed by atoms with van der Waals surface area (Å²) in [6, 6.07) is 23.4. The Balaban J connectivity index is 1.17. The number of carbonyl (C=O) groups excluding carboxylic acids is 4. The van der Waals surface area contributed by atoms with Crippen molar-refractivity contribution in [3.05, 3.63) is 173 Å². The van der Waals surface area contributed by atoms with Crippen LogP contribution in [-0.4, -0.2) is 72.6 Å². The molecule has 16 nitrogen and oxygen atoms in total. The molecule has 1 unspecified atom stereocenters. The molecule has 5 rings (SSSR count). The summed E-state index contributed by atoms with van der Waals surface area (Å²) in [5, 5.41) is 53.2. The maximum absolute atomic E-state index is 13.5. The fourth-order valence-corrected chi connectivity index (χ4v) is 5.40. The molecule has 0 aliphatic heterocycles. The van der Waals surface area contributed by atoms with Gasteiger partial charge >= 0.3 is 5.97 Å². The summed E-state index contributed by atoms with van der Waals surface area (Å²) in [7, 11) is 0. The molecule has 0 aliphatic rings. The molecule has 2 atom stereocenters. The topological polar surface area (TPSA) is 248 Å². The summed E-state index contributed by atoms with van der Waals surface area (Å²) >= 11 is 0. The van der Waals surface area contributed by atoms with E-state index in [0.717, 1.165) is 5.56 Å². The van der Waals surface area contributed by atoms with Crippen molar-refractivity contribution in [3.8, 4) is 5.75 Å². The van der Waals surface area contributed by atoms with Gasteiger partial charge in [0, 0.05) is 45.9 Å². The first-order chi connectivity index (χ1) is 28.8. The summed E-state index contributed by atoms with van der Waals surface area (Å²) < 4.78 is 0. The van der Waals surface area contributed by atoms with Crippen LogP contribution in [0.5, 0.6) is 5.75 Å². The lowest BCUT2D eigenvalue weighted by Gasteiger charge is -2.18. The number of carboxylic acids is 1. The van der Waals surface area contributed by atoms with E-state index < -0.39 is 36.0 Å². The van der Waals surface area contributed by atoms with Gasteiger partial charge in [-0.05, 0) is 128 Å². The first-order valence-corrected chi connectivity index (χ1v) is 18.3. The Kier molecular flexibility index (Phi) is 14.6. The van der Waals surface area contributed by atoms with Crippen molar-refractivity contribution in [3.63, 3.8) is 0 Å². The number of aliphatic hydroxyl groups is 1. The zero-order valence-electron chi connectivity index (χ0n) is 32.5. The van der Waals surface area contributed by atoms with Crippen LogP contribution in [-0.2, 0) is 16.0 Å². The number of aromatic hydroxyl groups is 1. The highest BCUT2D eigenvalue weighted by Crippen LogP contribution is 2.17. The first-order valence-electron chi connectivity index (χ1n) is 18.3. The Morgan fingerprint density at radius 3 is 1.93 bits per heavy atom. The number of hydrogen-bond donors (Lipinski definition) is 9. The van der Waals surface area contributed by atoms with E-state index >= 15 is 0 Å². The molecule has 0 saturated heterocycles. The van der Waals surface area contributed by atoms with E-state index in [-0.39, 0.29) is 34.8 Å². The van der Waals surface area contributed by atoms with Gasteiger partial charge in [0.1, 0.15) is 18.0 Å². The molecule has 1 heterocycles.